The van der Waals surface area contributed by atoms with Crippen LogP contribution in [-0.2, 0) is 12.8 Å². The molecule has 0 aliphatic rings. The van der Waals surface area contributed by atoms with Crippen LogP contribution < -0.4 is 0 Å². The average molecular weight is 487 g/mol. The van der Waals surface area contributed by atoms with E-state index in [0.717, 1.165) is 39.2 Å². The molecule has 0 bridgehead atoms. The molecule has 36 heavy (non-hydrogen) atoms. The molecule has 0 atom stereocenters. The van der Waals surface area contributed by atoms with Crippen LogP contribution in [0.3, 0.4) is 0 Å². The quantitative estimate of drug-likeness (QED) is 0.357. The van der Waals surface area contributed by atoms with Crippen molar-refractivity contribution in [1.82, 2.24) is 35.2 Å². The zero-order valence-electron chi connectivity index (χ0n) is 19.4. The molecule has 1 N–H and O–H groups in total. The van der Waals surface area contributed by atoms with E-state index in [9.17, 15) is 13.2 Å². The van der Waals surface area contributed by atoms with E-state index >= 15 is 0 Å². The van der Waals surface area contributed by atoms with Gasteiger partial charge in [0.1, 0.15) is 0 Å². The summed E-state index contributed by atoms with van der Waals surface area (Å²) in [6.07, 6.45) is -4.21. The number of aromatic nitrogens is 7. The summed E-state index contributed by atoms with van der Waals surface area (Å²) in [5.74, 6) is 4.05. The van der Waals surface area contributed by atoms with E-state index in [4.69, 9.17) is 0 Å². The van der Waals surface area contributed by atoms with Crippen LogP contribution in [0.5, 0.6) is 0 Å². The van der Waals surface area contributed by atoms with Gasteiger partial charge < -0.3 is 0 Å². The molecular formula is C26H20F3N7. The number of nitrogens with zero attached hydrogens (tertiary/aromatic N) is 6. The minimum atomic E-state index is -4.54. The number of aromatic amines is 1. The Bertz CT molecular complexity index is 1590. The minimum absolute atomic E-state index is 0.118. The standard InChI is InChI=1S/C26H20F3N7/c1-16-14-17(2)36-25(30-16)22(23(33-36)8-5-13-26(27,28)29)15-18-9-11-19(12-10-18)20-6-3-4-7-21(20)24-31-34-35-32-24/h3-4,6-7,9-12,14H,8,15H2,1-2H3,(H,31,32,34,35). The molecule has 0 aliphatic heterocycles. The second kappa shape index (κ2) is 9.26. The summed E-state index contributed by atoms with van der Waals surface area (Å²) in [6.45, 7) is 3.77. The molecule has 0 saturated carbocycles. The molecule has 0 radical (unpaired) electrons. The van der Waals surface area contributed by atoms with Crippen molar-refractivity contribution < 1.29 is 13.2 Å². The average Bonchev–Trinajstić information content (AvgIpc) is 3.48. The lowest BCUT2D eigenvalue weighted by molar-refractivity contribution is -0.0697. The second-order valence-corrected chi connectivity index (χ2v) is 8.33. The fraction of sp³-hybridized carbons (Fsp3) is 0.192. The molecule has 0 amide bonds. The number of benzene rings is 2. The van der Waals surface area contributed by atoms with Crippen molar-refractivity contribution in [3.8, 4) is 34.4 Å². The van der Waals surface area contributed by atoms with Gasteiger partial charge in [-0.3, -0.25) is 0 Å². The fourth-order valence-corrected chi connectivity index (χ4v) is 4.17. The van der Waals surface area contributed by atoms with Crippen molar-refractivity contribution in [2.24, 2.45) is 0 Å². The van der Waals surface area contributed by atoms with E-state index in [1.807, 2.05) is 68.4 Å². The molecular weight excluding hydrogens is 467 g/mol. The monoisotopic (exact) mass is 487 g/mol. The number of rotatable bonds is 5. The van der Waals surface area contributed by atoms with Gasteiger partial charge in [0, 0.05) is 34.9 Å². The Labute approximate surface area is 204 Å². The Balaban J connectivity index is 1.50. The van der Waals surface area contributed by atoms with Gasteiger partial charge in [0.2, 0.25) is 5.82 Å². The van der Waals surface area contributed by atoms with E-state index in [1.54, 1.807) is 4.52 Å². The van der Waals surface area contributed by atoms with Crippen molar-refractivity contribution in [2.45, 2.75) is 32.9 Å². The zero-order valence-corrected chi connectivity index (χ0v) is 19.4. The van der Waals surface area contributed by atoms with E-state index in [-0.39, 0.29) is 6.42 Å². The maximum absolute atomic E-state index is 12.6. The summed E-state index contributed by atoms with van der Waals surface area (Å²) in [4.78, 5) is 4.62. The Hall–Kier alpha value is -4.52. The predicted molar refractivity (Wildman–Crippen MR) is 128 cm³/mol. The highest BCUT2D eigenvalue weighted by Gasteiger charge is 2.23. The maximum Gasteiger partial charge on any atom is 0.457 e. The first-order chi connectivity index (χ1) is 17.3. The van der Waals surface area contributed by atoms with Gasteiger partial charge in [-0.05, 0) is 41.8 Å². The number of aryl methyl sites for hydroxylation is 2. The summed E-state index contributed by atoms with van der Waals surface area (Å²) in [5, 5.41) is 18.8. The number of H-pyrrole nitrogens is 1. The highest BCUT2D eigenvalue weighted by Crippen LogP contribution is 2.30. The van der Waals surface area contributed by atoms with Gasteiger partial charge in [-0.2, -0.15) is 23.5 Å². The van der Waals surface area contributed by atoms with E-state index in [0.29, 0.717) is 23.6 Å². The van der Waals surface area contributed by atoms with Crippen LogP contribution in [0, 0.1) is 25.7 Å². The summed E-state index contributed by atoms with van der Waals surface area (Å²) < 4.78 is 39.5. The molecule has 7 nitrogen and oxygen atoms in total. The third-order valence-corrected chi connectivity index (χ3v) is 5.72. The first-order valence-electron chi connectivity index (χ1n) is 11.1. The number of alkyl halides is 3. The first-order valence-corrected chi connectivity index (χ1v) is 11.1. The van der Waals surface area contributed by atoms with Gasteiger partial charge in [0.15, 0.2) is 5.65 Å². The SMILES string of the molecule is Cc1cc(C)n2nc(CC#CC(F)(F)F)c(Cc3ccc(-c4ccccc4-c4nn[nH]n4)cc3)c2n1. The van der Waals surface area contributed by atoms with Crippen molar-refractivity contribution in [2.75, 3.05) is 0 Å². The Morgan fingerprint density at radius 1 is 1.00 bits per heavy atom. The third kappa shape index (κ3) is 4.81. The minimum Gasteiger partial charge on any atom is -0.234 e. The van der Waals surface area contributed by atoms with Crippen LogP contribution >= 0.6 is 0 Å². The Morgan fingerprint density at radius 3 is 2.44 bits per heavy atom. The number of hydrogen-bond acceptors (Lipinski definition) is 5. The number of nitrogens with one attached hydrogen (secondary N) is 1. The van der Waals surface area contributed by atoms with Gasteiger partial charge in [-0.15, -0.1) is 10.2 Å². The zero-order chi connectivity index (χ0) is 25.3. The fourth-order valence-electron chi connectivity index (χ4n) is 4.17. The van der Waals surface area contributed by atoms with Crippen LogP contribution in [0.1, 0.15) is 28.2 Å². The van der Waals surface area contributed by atoms with Crippen LogP contribution in [0.15, 0.2) is 54.6 Å². The molecule has 5 rings (SSSR count). The van der Waals surface area contributed by atoms with Gasteiger partial charge in [-0.1, -0.05) is 54.5 Å². The van der Waals surface area contributed by atoms with Gasteiger partial charge in [0.25, 0.3) is 0 Å². The molecule has 0 saturated heterocycles. The van der Waals surface area contributed by atoms with Crippen LogP contribution in [0.2, 0.25) is 0 Å². The second-order valence-electron chi connectivity index (χ2n) is 8.33. The van der Waals surface area contributed by atoms with Crippen molar-refractivity contribution in [3.05, 3.63) is 82.8 Å². The lowest BCUT2D eigenvalue weighted by Gasteiger charge is -2.08. The van der Waals surface area contributed by atoms with Crippen LogP contribution in [-0.4, -0.2) is 41.4 Å². The molecule has 10 heteroatoms. The molecule has 0 fully saturated rings. The molecule has 2 aromatic carbocycles. The van der Waals surface area contributed by atoms with Crippen molar-refractivity contribution in [1.29, 1.82) is 0 Å². The van der Waals surface area contributed by atoms with Crippen LogP contribution in [0.25, 0.3) is 28.2 Å². The smallest absolute Gasteiger partial charge is 0.234 e. The molecule has 180 valence electrons. The lowest BCUT2D eigenvalue weighted by atomic mass is 9.96. The third-order valence-electron chi connectivity index (χ3n) is 5.72. The Morgan fingerprint density at radius 2 is 1.75 bits per heavy atom. The van der Waals surface area contributed by atoms with E-state index < -0.39 is 6.18 Å². The van der Waals surface area contributed by atoms with Gasteiger partial charge in [-0.25, -0.2) is 9.50 Å². The normalized spacial score (nSPS) is 11.5. The Kier molecular flexibility index (Phi) is 5.98. The number of hydrogen-bond donors (Lipinski definition) is 1. The molecule has 5 aromatic rings. The summed E-state index contributed by atoms with van der Waals surface area (Å²) in [5.41, 5.74) is 7.28. The molecule has 0 spiro atoms. The number of halogens is 3. The topological polar surface area (TPSA) is 84.6 Å². The summed E-state index contributed by atoms with van der Waals surface area (Å²) >= 11 is 0. The highest BCUT2D eigenvalue weighted by atomic mass is 19.4. The number of tetrazole rings is 1. The molecule has 3 aromatic heterocycles. The first kappa shape index (κ1) is 23.2. The van der Waals surface area contributed by atoms with Crippen molar-refractivity contribution in [3.63, 3.8) is 0 Å². The molecule has 0 aliphatic carbocycles. The molecule has 0 unspecified atom stereocenters. The van der Waals surface area contributed by atoms with Crippen molar-refractivity contribution >= 4 is 5.65 Å². The molecule has 3 heterocycles. The largest absolute Gasteiger partial charge is 0.457 e. The van der Waals surface area contributed by atoms with Crippen LogP contribution in [0.4, 0.5) is 13.2 Å². The van der Waals surface area contributed by atoms with Gasteiger partial charge >= 0.3 is 6.18 Å². The van der Waals surface area contributed by atoms with E-state index in [1.165, 1.54) is 5.92 Å². The van der Waals surface area contributed by atoms with E-state index in [2.05, 4.69) is 36.6 Å². The van der Waals surface area contributed by atoms with Gasteiger partial charge in [0.05, 0.1) is 12.1 Å². The highest BCUT2D eigenvalue weighted by molar-refractivity contribution is 5.80. The number of fused-ring (bicyclic) bond motifs is 1. The lowest BCUT2D eigenvalue weighted by Crippen LogP contribution is -2.02. The predicted octanol–water partition coefficient (Wildman–Crippen LogP) is 4.89. The summed E-state index contributed by atoms with van der Waals surface area (Å²) in [6, 6.07) is 17.6. The summed E-state index contributed by atoms with van der Waals surface area (Å²) in [7, 11) is 0. The maximum atomic E-state index is 12.6.